The standard InChI is InChI=1S/C15H15N3O2/c1-8(2)12-13(15(19)20)18-14(17-12)10-7-16-11-6-4-3-5-9(10)11/h3-8,16H,1-2H3,(H,17,18)(H,19,20). The topological polar surface area (TPSA) is 81.8 Å². The van der Waals surface area contributed by atoms with Crippen molar-refractivity contribution in [2.24, 2.45) is 0 Å². The van der Waals surface area contributed by atoms with Crippen molar-refractivity contribution in [2.75, 3.05) is 0 Å². The number of aromatic nitrogens is 3. The number of fused-ring (bicyclic) bond motifs is 1. The van der Waals surface area contributed by atoms with Gasteiger partial charge in [-0.1, -0.05) is 32.0 Å². The number of para-hydroxylation sites is 1. The first-order valence-electron chi connectivity index (χ1n) is 6.47. The van der Waals surface area contributed by atoms with Crippen molar-refractivity contribution >= 4 is 16.9 Å². The minimum absolute atomic E-state index is 0.0764. The Kier molecular flexibility index (Phi) is 2.82. The first-order valence-corrected chi connectivity index (χ1v) is 6.47. The Balaban J connectivity index is 2.20. The molecule has 0 saturated carbocycles. The van der Waals surface area contributed by atoms with Gasteiger partial charge in [0, 0.05) is 22.7 Å². The molecule has 1 aromatic carbocycles. The van der Waals surface area contributed by atoms with Crippen LogP contribution in [0.25, 0.3) is 22.3 Å². The molecule has 0 unspecified atom stereocenters. The molecule has 0 aliphatic rings. The van der Waals surface area contributed by atoms with Gasteiger partial charge < -0.3 is 15.1 Å². The lowest BCUT2D eigenvalue weighted by molar-refractivity contribution is 0.0689. The second-order valence-corrected chi connectivity index (χ2v) is 5.06. The zero-order valence-corrected chi connectivity index (χ0v) is 11.3. The number of rotatable bonds is 3. The summed E-state index contributed by atoms with van der Waals surface area (Å²) in [5.74, 6) is -0.341. The number of imidazole rings is 1. The third-order valence-electron chi connectivity index (χ3n) is 3.36. The predicted molar refractivity (Wildman–Crippen MR) is 76.9 cm³/mol. The number of aromatic amines is 2. The van der Waals surface area contributed by atoms with E-state index in [2.05, 4.69) is 15.0 Å². The highest BCUT2D eigenvalue weighted by atomic mass is 16.4. The number of nitrogens with one attached hydrogen (secondary N) is 2. The van der Waals surface area contributed by atoms with Crippen molar-refractivity contribution in [2.45, 2.75) is 19.8 Å². The van der Waals surface area contributed by atoms with E-state index >= 15 is 0 Å². The summed E-state index contributed by atoms with van der Waals surface area (Å²) < 4.78 is 0. The Morgan fingerprint density at radius 1 is 1.30 bits per heavy atom. The van der Waals surface area contributed by atoms with Gasteiger partial charge in [0.1, 0.15) is 5.82 Å². The molecule has 102 valence electrons. The van der Waals surface area contributed by atoms with Crippen LogP contribution in [0.5, 0.6) is 0 Å². The lowest BCUT2D eigenvalue weighted by Crippen LogP contribution is -2.02. The van der Waals surface area contributed by atoms with Crippen molar-refractivity contribution in [1.29, 1.82) is 0 Å². The van der Waals surface area contributed by atoms with Gasteiger partial charge in [0.25, 0.3) is 0 Å². The predicted octanol–water partition coefficient (Wildman–Crippen LogP) is 3.38. The maximum Gasteiger partial charge on any atom is 0.356 e. The Morgan fingerprint density at radius 2 is 2.05 bits per heavy atom. The molecule has 0 radical (unpaired) electrons. The van der Waals surface area contributed by atoms with E-state index < -0.39 is 5.97 Å². The van der Waals surface area contributed by atoms with Gasteiger partial charge in [-0.2, -0.15) is 0 Å². The zero-order valence-electron chi connectivity index (χ0n) is 11.3. The van der Waals surface area contributed by atoms with Crippen LogP contribution < -0.4 is 0 Å². The van der Waals surface area contributed by atoms with Crippen LogP contribution in [0.1, 0.15) is 35.9 Å². The van der Waals surface area contributed by atoms with E-state index in [1.807, 2.05) is 44.3 Å². The minimum Gasteiger partial charge on any atom is -0.476 e. The molecule has 5 nitrogen and oxygen atoms in total. The normalized spacial score (nSPS) is 11.3. The molecule has 5 heteroatoms. The van der Waals surface area contributed by atoms with Crippen molar-refractivity contribution in [3.63, 3.8) is 0 Å². The molecular formula is C15H15N3O2. The summed E-state index contributed by atoms with van der Waals surface area (Å²) in [6, 6.07) is 7.86. The summed E-state index contributed by atoms with van der Waals surface area (Å²) in [5, 5.41) is 10.3. The molecule has 2 aromatic heterocycles. The molecule has 3 rings (SSSR count). The van der Waals surface area contributed by atoms with Gasteiger partial charge in [0.05, 0.1) is 5.69 Å². The maximum atomic E-state index is 11.3. The molecule has 3 N–H and O–H groups in total. The number of carboxylic acids is 1. The first kappa shape index (κ1) is 12.5. The number of carboxylic acid groups (broad SMARTS) is 1. The smallest absolute Gasteiger partial charge is 0.356 e. The van der Waals surface area contributed by atoms with Gasteiger partial charge >= 0.3 is 5.97 Å². The van der Waals surface area contributed by atoms with E-state index in [4.69, 9.17) is 0 Å². The van der Waals surface area contributed by atoms with Crippen LogP contribution in [-0.4, -0.2) is 26.0 Å². The van der Waals surface area contributed by atoms with Crippen LogP contribution in [0, 0.1) is 0 Å². The van der Waals surface area contributed by atoms with E-state index in [9.17, 15) is 9.90 Å². The number of carbonyl (C=O) groups is 1. The van der Waals surface area contributed by atoms with E-state index in [1.54, 1.807) is 0 Å². The van der Waals surface area contributed by atoms with Crippen LogP contribution in [0.2, 0.25) is 0 Å². The Labute approximate surface area is 115 Å². The lowest BCUT2D eigenvalue weighted by atomic mass is 10.1. The summed E-state index contributed by atoms with van der Waals surface area (Å²) in [7, 11) is 0. The summed E-state index contributed by atoms with van der Waals surface area (Å²) in [6.45, 7) is 3.89. The van der Waals surface area contributed by atoms with E-state index in [1.165, 1.54) is 0 Å². The summed E-state index contributed by atoms with van der Waals surface area (Å²) >= 11 is 0. The molecule has 0 spiro atoms. The maximum absolute atomic E-state index is 11.3. The van der Waals surface area contributed by atoms with Crippen LogP contribution in [0.4, 0.5) is 0 Å². The highest BCUT2D eigenvalue weighted by Gasteiger charge is 2.20. The quantitative estimate of drug-likeness (QED) is 0.681. The lowest BCUT2D eigenvalue weighted by Gasteiger charge is -2.01. The Bertz CT molecular complexity index is 783. The molecule has 0 saturated heterocycles. The highest BCUT2D eigenvalue weighted by Crippen LogP contribution is 2.29. The minimum atomic E-state index is -1.00. The second-order valence-electron chi connectivity index (χ2n) is 5.06. The fourth-order valence-corrected chi connectivity index (χ4v) is 2.36. The Morgan fingerprint density at radius 3 is 2.70 bits per heavy atom. The van der Waals surface area contributed by atoms with E-state index in [0.29, 0.717) is 11.5 Å². The van der Waals surface area contributed by atoms with Gasteiger partial charge in [0.15, 0.2) is 5.69 Å². The van der Waals surface area contributed by atoms with Gasteiger partial charge in [-0.05, 0) is 12.0 Å². The fraction of sp³-hybridized carbons (Fsp3) is 0.200. The van der Waals surface area contributed by atoms with Gasteiger partial charge in [0.2, 0.25) is 0 Å². The molecular weight excluding hydrogens is 254 g/mol. The highest BCUT2D eigenvalue weighted by molar-refractivity contribution is 5.95. The molecule has 3 aromatic rings. The van der Waals surface area contributed by atoms with Crippen molar-refractivity contribution in [1.82, 2.24) is 15.0 Å². The molecule has 0 fully saturated rings. The first-order chi connectivity index (χ1) is 9.58. The third kappa shape index (κ3) is 1.87. The number of H-pyrrole nitrogens is 2. The zero-order chi connectivity index (χ0) is 14.3. The molecule has 20 heavy (non-hydrogen) atoms. The monoisotopic (exact) mass is 269 g/mol. The SMILES string of the molecule is CC(C)c1[nH]c(-c2c[nH]c3ccccc23)nc1C(=O)O. The number of hydrogen-bond donors (Lipinski definition) is 3. The molecule has 0 aliphatic carbocycles. The second kappa shape index (κ2) is 4.52. The molecule has 0 bridgehead atoms. The summed E-state index contributed by atoms with van der Waals surface area (Å²) in [6.07, 6.45) is 1.85. The van der Waals surface area contributed by atoms with Crippen molar-refractivity contribution in [3.8, 4) is 11.4 Å². The molecule has 0 aliphatic heterocycles. The van der Waals surface area contributed by atoms with Crippen molar-refractivity contribution in [3.05, 3.63) is 41.9 Å². The van der Waals surface area contributed by atoms with Crippen LogP contribution in [0.3, 0.4) is 0 Å². The van der Waals surface area contributed by atoms with Crippen LogP contribution in [-0.2, 0) is 0 Å². The number of hydrogen-bond acceptors (Lipinski definition) is 2. The van der Waals surface area contributed by atoms with Crippen LogP contribution >= 0.6 is 0 Å². The van der Waals surface area contributed by atoms with E-state index in [0.717, 1.165) is 16.5 Å². The van der Waals surface area contributed by atoms with Gasteiger partial charge in [-0.15, -0.1) is 0 Å². The van der Waals surface area contributed by atoms with Crippen LogP contribution in [0.15, 0.2) is 30.5 Å². The molecule has 2 heterocycles. The molecule has 0 atom stereocenters. The molecule has 0 amide bonds. The average molecular weight is 269 g/mol. The Hall–Kier alpha value is -2.56. The number of benzene rings is 1. The van der Waals surface area contributed by atoms with Gasteiger partial charge in [-0.25, -0.2) is 9.78 Å². The number of nitrogens with zero attached hydrogens (tertiary/aromatic N) is 1. The fourth-order valence-electron chi connectivity index (χ4n) is 2.36. The van der Waals surface area contributed by atoms with E-state index in [-0.39, 0.29) is 11.6 Å². The number of aromatic carboxylic acids is 1. The largest absolute Gasteiger partial charge is 0.476 e. The summed E-state index contributed by atoms with van der Waals surface area (Å²) in [5.41, 5.74) is 2.63. The third-order valence-corrected chi connectivity index (χ3v) is 3.36. The summed E-state index contributed by atoms with van der Waals surface area (Å²) in [4.78, 5) is 21.8. The average Bonchev–Trinajstić information content (AvgIpc) is 3.02. The van der Waals surface area contributed by atoms with Crippen molar-refractivity contribution < 1.29 is 9.90 Å². The van der Waals surface area contributed by atoms with Gasteiger partial charge in [-0.3, -0.25) is 0 Å².